The van der Waals surface area contributed by atoms with E-state index in [1.807, 2.05) is 49.4 Å². The third kappa shape index (κ3) is 6.85. The number of halogens is 1. The minimum absolute atomic E-state index is 0.494. The molecule has 0 bridgehead atoms. The van der Waals surface area contributed by atoms with Gasteiger partial charge in [0.25, 0.3) is 0 Å². The van der Waals surface area contributed by atoms with E-state index in [0.29, 0.717) is 33.0 Å². The molecule has 0 unspecified atom stereocenters. The molecule has 0 radical (unpaired) electrons. The molecule has 0 saturated carbocycles. The van der Waals surface area contributed by atoms with Crippen molar-refractivity contribution in [3.63, 3.8) is 0 Å². The average Bonchev–Trinajstić information content (AvgIpc) is 2.63. The summed E-state index contributed by atoms with van der Waals surface area (Å²) >= 11 is 6.09. The van der Waals surface area contributed by atoms with Crippen LogP contribution in [0.5, 0.6) is 17.2 Å². The maximum Gasteiger partial charge on any atom is 0.119 e. The van der Waals surface area contributed by atoms with E-state index in [0.717, 1.165) is 34.3 Å². The topological polar surface area (TPSA) is 36.9 Å². The Hall–Kier alpha value is -1.91. The van der Waals surface area contributed by atoms with Crippen LogP contribution >= 0.6 is 11.6 Å². The standard InChI is InChI=1S/C20H25ClO4/c1-3-16-15-19(9-10-20(16)21)25-14-12-22-11-13-24-18-7-5-17(6-8-18)23-4-2/h5-10,15H,3-4,11-14H2,1-2H3. The van der Waals surface area contributed by atoms with Crippen LogP contribution in [0.4, 0.5) is 0 Å². The lowest BCUT2D eigenvalue weighted by molar-refractivity contribution is 0.0764. The molecule has 0 aliphatic rings. The summed E-state index contributed by atoms with van der Waals surface area (Å²) in [4.78, 5) is 0. The van der Waals surface area contributed by atoms with E-state index >= 15 is 0 Å². The van der Waals surface area contributed by atoms with Crippen molar-refractivity contribution in [1.82, 2.24) is 0 Å². The molecule has 0 spiro atoms. The zero-order chi connectivity index (χ0) is 17.9. The predicted octanol–water partition coefficient (Wildman–Crippen LogP) is 4.78. The van der Waals surface area contributed by atoms with Crippen molar-refractivity contribution in [3.05, 3.63) is 53.1 Å². The number of hydrogen-bond acceptors (Lipinski definition) is 4. The van der Waals surface area contributed by atoms with Crippen molar-refractivity contribution < 1.29 is 18.9 Å². The van der Waals surface area contributed by atoms with E-state index in [9.17, 15) is 0 Å². The summed E-state index contributed by atoms with van der Waals surface area (Å²) in [7, 11) is 0. The third-order valence-corrected chi connectivity index (χ3v) is 3.89. The molecular formula is C20H25ClO4. The average molecular weight is 365 g/mol. The fourth-order valence-electron chi connectivity index (χ4n) is 2.25. The molecule has 2 aromatic rings. The molecule has 0 aliphatic heterocycles. The monoisotopic (exact) mass is 364 g/mol. The first-order valence-corrected chi connectivity index (χ1v) is 8.95. The van der Waals surface area contributed by atoms with Gasteiger partial charge in [0.2, 0.25) is 0 Å². The van der Waals surface area contributed by atoms with Crippen LogP contribution in [0.3, 0.4) is 0 Å². The van der Waals surface area contributed by atoms with Gasteiger partial charge in [-0.05, 0) is 61.4 Å². The molecule has 4 nitrogen and oxygen atoms in total. The normalized spacial score (nSPS) is 10.5. The highest BCUT2D eigenvalue weighted by Crippen LogP contribution is 2.22. The maximum atomic E-state index is 6.09. The Morgan fingerprint density at radius 3 is 1.88 bits per heavy atom. The van der Waals surface area contributed by atoms with Crippen LogP contribution < -0.4 is 14.2 Å². The Morgan fingerprint density at radius 2 is 1.28 bits per heavy atom. The Morgan fingerprint density at radius 1 is 0.720 bits per heavy atom. The lowest BCUT2D eigenvalue weighted by Gasteiger charge is -2.10. The van der Waals surface area contributed by atoms with Crippen molar-refractivity contribution >= 4 is 11.6 Å². The molecular weight excluding hydrogens is 340 g/mol. The molecule has 0 amide bonds. The summed E-state index contributed by atoms with van der Waals surface area (Å²) in [5.74, 6) is 2.46. The highest BCUT2D eigenvalue weighted by atomic mass is 35.5. The molecule has 5 heteroatoms. The number of aryl methyl sites for hydroxylation is 1. The zero-order valence-electron chi connectivity index (χ0n) is 14.8. The first kappa shape index (κ1) is 19.4. The molecule has 0 fully saturated rings. The highest BCUT2D eigenvalue weighted by molar-refractivity contribution is 6.31. The van der Waals surface area contributed by atoms with Crippen LogP contribution in [0.25, 0.3) is 0 Å². The Labute approximate surface area is 154 Å². The van der Waals surface area contributed by atoms with Gasteiger partial charge >= 0.3 is 0 Å². The number of rotatable bonds is 11. The highest BCUT2D eigenvalue weighted by Gasteiger charge is 2.01. The van der Waals surface area contributed by atoms with Crippen LogP contribution in [0.15, 0.2) is 42.5 Å². The van der Waals surface area contributed by atoms with E-state index in [1.54, 1.807) is 0 Å². The van der Waals surface area contributed by atoms with Crippen molar-refractivity contribution in [2.24, 2.45) is 0 Å². The molecule has 25 heavy (non-hydrogen) atoms. The van der Waals surface area contributed by atoms with Crippen molar-refractivity contribution in [2.75, 3.05) is 33.0 Å². The summed E-state index contributed by atoms with van der Waals surface area (Å²) in [6, 6.07) is 13.3. The van der Waals surface area contributed by atoms with Gasteiger partial charge in [-0.3, -0.25) is 0 Å². The minimum atomic E-state index is 0.494. The first-order chi connectivity index (χ1) is 12.2. The van der Waals surface area contributed by atoms with Crippen LogP contribution in [0.1, 0.15) is 19.4 Å². The quantitative estimate of drug-likeness (QED) is 0.538. The Bertz CT molecular complexity index is 628. The van der Waals surface area contributed by atoms with Crippen LogP contribution in [-0.4, -0.2) is 33.0 Å². The summed E-state index contributed by atoms with van der Waals surface area (Å²) < 4.78 is 22.2. The second-order valence-electron chi connectivity index (χ2n) is 5.32. The predicted molar refractivity (Wildman–Crippen MR) is 100 cm³/mol. The van der Waals surface area contributed by atoms with Crippen LogP contribution in [0, 0.1) is 0 Å². The molecule has 0 aromatic heterocycles. The molecule has 0 saturated heterocycles. The fraction of sp³-hybridized carbons (Fsp3) is 0.400. The summed E-state index contributed by atoms with van der Waals surface area (Å²) in [6.45, 7) is 6.70. The summed E-state index contributed by atoms with van der Waals surface area (Å²) in [6.07, 6.45) is 0.884. The molecule has 0 heterocycles. The fourth-order valence-corrected chi connectivity index (χ4v) is 2.50. The van der Waals surface area contributed by atoms with Gasteiger partial charge in [0, 0.05) is 5.02 Å². The number of ether oxygens (including phenoxy) is 4. The Balaban J connectivity index is 1.57. The van der Waals surface area contributed by atoms with E-state index in [2.05, 4.69) is 6.92 Å². The van der Waals surface area contributed by atoms with E-state index in [1.165, 1.54) is 0 Å². The van der Waals surface area contributed by atoms with Crippen LogP contribution in [0.2, 0.25) is 5.02 Å². The van der Waals surface area contributed by atoms with Crippen molar-refractivity contribution in [1.29, 1.82) is 0 Å². The largest absolute Gasteiger partial charge is 0.494 e. The third-order valence-electron chi connectivity index (χ3n) is 3.53. The second-order valence-corrected chi connectivity index (χ2v) is 5.73. The summed E-state index contributed by atoms with van der Waals surface area (Å²) in [5.41, 5.74) is 1.09. The second kappa shape index (κ2) is 10.9. The van der Waals surface area contributed by atoms with Gasteiger partial charge in [-0.15, -0.1) is 0 Å². The molecule has 0 atom stereocenters. The first-order valence-electron chi connectivity index (χ1n) is 8.57. The molecule has 0 N–H and O–H groups in total. The van der Waals surface area contributed by atoms with Crippen LogP contribution in [-0.2, 0) is 11.2 Å². The van der Waals surface area contributed by atoms with Crippen molar-refractivity contribution in [3.8, 4) is 17.2 Å². The van der Waals surface area contributed by atoms with Gasteiger partial charge in [-0.2, -0.15) is 0 Å². The smallest absolute Gasteiger partial charge is 0.119 e. The number of benzene rings is 2. The lowest BCUT2D eigenvalue weighted by atomic mass is 10.1. The molecule has 136 valence electrons. The maximum absolute atomic E-state index is 6.09. The van der Waals surface area contributed by atoms with Gasteiger partial charge in [0.15, 0.2) is 0 Å². The van der Waals surface area contributed by atoms with Gasteiger partial charge < -0.3 is 18.9 Å². The zero-order valence-corrected chi connectivity index (χ0v) is 15.6. The molecule has 2 aromatic carbocycles. The number of hydrogen-bond donors (Lipinski definition) is 0. The SMILES string of the molecule is CCOc1ccc(OCCOCCOc2ccc(Cl)c(CC)c2)cc1. The van der Waals surface area contributed by atoms with Crippen molar-refractivity contribution in [2.45, 2.75) is 20.3 Å². The summed E-state index contributed by atoms with van der Waals surface area (Å²) in [5, 5.41) is 0.775. The minimum Gasteiger partial charge on any atom is -0.494 e. The molecule has 2 rings (SSSR count). The van der Waals surface area contributed by atoms with Gasteiger partial charge in [0.05, 0.1) is 19.8 Å². The lowest BCUT2D eigenvalue weighted by Crippen LogP contribution is -2.12. The van der Waals surface area contributed by atoms with E-state index in [-0.39, 0.29) is 0 Å². The van der Waals surface area contributed by atoms with Gasteiger partial charge in [-0.25, -0.2) is 0 Å². The van der Waals surface area contributed by atoms with Gasteiger partial charge in [0.1, 0.15) is 30.5 Å². The Kier molecular flexibility index (Phi) is 8.43. The molecule has 0 aliphatic carbocycles. The van der Waals surface area contributed by atoms with Gasteiger partial charge in [-0.1, -0.05) is 18.5 Å². The van der Waals surface area contributed by atoms with E-state index < -0.39 is 0 Å². The van der Waals surface area contributed by atoms with E-state index in [4.69, 9.17) is 30.5 Å².